The fourth-order valence-corrected chi connectivity index (χ4v) is 4.85. The maximum absolute atomic E-state index is 4.40. The number of nitrogens with zero attached hydrogens (tertiary/aromatic N) is 3. The van der Waals surface area contributed by atoms with Gasteiger partial charge in [0.25, 0.3) is 0 Å². The lowest BCUT2D eigenvalue weighted by molar-refractivity contribution is 0.255. The van der Waals surface area contributed by atoms with Crippen LogP contribution in [0.5, 0.6) is 0 Å². The quantitative estimate of drug-likeness (QED) is 0.252. The van der Waals surface area contributed by atoms with E-state index in [9.17, 15) is 0 Å². The molecule has 0 spiro atoms. The molecule has 28 heavy (non-hydrogen) atoms. The first-order chi connectivity index (χ1) is 13.3. The molecule has 0 aromatic heterocycles. The lowest BCUT2D eigenvalue weighted by Crippen LogP contribution is -2.47. The Bertz CT molecular complexity index is 577. The molecule has 2 atom stereocenters. The van der Waals surface area contributed by atoms with E-state index >= 15 is 0 Å². The summed E-state index contributed by atoms with van der Waals surface area (Å²) in [7, 11) is 1.87. The van der Waals surface area contributed by atoms with Crippen molar-refractivity contribution in [1.29, 1.82) is 0 Å². The van der Waals surface area contributed by atoms with Gasteiger partial charge in [-0.25, -0.2) is 0 Å². The van der Waals surface area contributed by atoms with Crippen LogP contribution in [-0.2, 0) is 0 Å². The number of hydrogen-bond acceptors (Lipinski definition) is 4. The molecule has 2 fully saturated rings. The van der Waals surface area contributed by atoms with Gasteiger partial charge in [0.1, 0.15) is 0 Å². The lowest BCUT2D eigenvalue weighted by Gasteiger charge is -2.36. The number of aliphatic imine (C=N–C) groups is 1. The van der Waals surface area contributed by atoms with Crippen molar-refractivity contribution in [2.75, 3.05) is 57.5 Å². The molecule has 2 N–H and O–H groups in total. The summed E-state index contributed by atoms with van der Waals surface area (Å²) in [6.45, 7) is 6.69. The average Bonchev–Trinajstić information content (AvgIpc) is 3.19. The van der Waals surface area contributed by atoms with Gasteiger partial charge in [-0.1, -0.05) is 18.2 Å². The Morgan fingerprint density at radius 2 is 1.89 bits per heavy atom. The van der Waals surface area contributed by atoms with Crippen molar-refractivity contribution in [3.8, 4) is 0 Å². The van der Waals surface area contributed by atoms with Gasteiger partial charge in [-0.2, -0.15) is 11.8 Å². The molecule has 0 amide bonds. The molecule has 1 saturated heterocycles. The van der Waals surface area contributed by atoms with Crippen LogP contribution in [0.15, 0.2) is 35.3 Å². The van der Waals surface area contributed by atoms with Crippen LogP contribution in [0.3, 0.4) is 0 Å². The van der Waals surface area contributed by atoms with Gasteiger partial charge in [0, 0.05) is 56.8 Å². The minimum atomic E-state index is 0. The smallest absolute Gasteiger partial charge is 0.191 e. The zero-order chi connectivity index (χ0) is 18.9. The van der Waals surface area contributed by atoms with Crippen LogP contribution in [0, 0.1) is 0 Å². The van der Waals surface area contributed by atoms with Crippen molar-refractivity contribution in [2.45, 2.75) is 37.0 Å². The summed E-state index contributed by atoms with van der Waals surface area (Å²) in [5.41, 5.74) is 1.35. The van der Waals surface area contributed by atoms with Gasteiger partial charge in [0.2, 0.25) is 0 Å². The van der Waals surface area contributed by atoms with E-state index in [1.165, 1.54) is 24.9 Å². The molecule has 2 unspecified atom stereocenters. The van der Waals surface area contributed by atoms with E-state index < -0.39 is 0 Å². The second kappa shape index (κ2) is 12.8. The van der Waals surface area contributed by atoms with Gasteiger partial charge in [-0.05, 0) is 50.6 Å². The maximum Gasteiger partial charge on any atom is 0.191 e. The third-order valence-electron chi connectivity index (χ3n) is 5.72. The first-order valence-corrected chi connectivity index (χ1v) is 11.6. The van der Waals surface area contributed by atoms with E-state index in [1.807, 2.05) is 18.8 Å². The molecule has 1 aromatic rings. The fourth-order valence-electron chi connectivity index (χ4n) is 4.05. The van der Waals surface area contributed by atoms with Crippen molar-refractivity contribution in [2.24, 2.45) is 4.99 Å². The van der Waals surface area contributed by atoms with Gasteiger partial charge in [-0.15, -0.1) is 24.0 Å². The second-order valence-corrected chi connectivity index (χ2v) is 8.67. The van der Waals surface area contributed by atoms with Gasteiger partial charge in [0.15, 0.2) is 5.96 Å². The van der Waals surface area contributed by atoms with Crippen LogP contribution in [0.1, 0.15) is 25.7 Å². The second-order valence-electron chi connectivity index (χ2n) is 7.53. The van der Waals surface area contributed by atoms with Crippen molar-refractivity contribution >= 4 is 47.4 Å². The van der Waals surface area contributed by atoms with E-state index in [1.54, 1.807) is 0 Å². The highest BCUT2D eigenvalue weighted by Crippen LogP contribution is 2.28. The Hall–Kier alpha value is -0.670. The number of thioether (sulfide) groups is 1. The summed E-state index contributed by atoms with van der Waals surface area (Å²) in [4.78, 5) is 9.47. The van der Waals surface area contributed by atoms with Crippen molar-refractivity contribution in [3.63, 3.8) is 0 Å². The largest absolute Gasteiger partial charge is 0.369 e. The maximum atomic E-state index is 4.40. The minimum Gasteiger partial charge on any atom is -0.369 e. The molecule has 1 aliphatic heterocycles. The molecule has 0 radical (unpaired) electrons. The molecule has 7 heteroatoms. The zero-order valence-electron chi connectivity index (χ0n) is 17.3. The summed E-state index contributed by atoms with van der Waals surface area (Å²) >= 11 is 2.00. The molecule has 3 rings (SSSR count). The summed E-state index contributed by atoms with van der Waals surface area (Å²) < 4.78 is 0. The first kappa shape index (κ1) is 23.6. The lowest BCUT2D eigenvalue weighted by atomic mass is 10.2. The summed E-state index contributed by atoms with van der Waals surface area (Å²) in [6.07, 6.45) is 7.22. The summed E-state index contributed by atoms with van der Waals surface area (Å²) in [5.74, 6) is 0.968. The topological polar surface area (TPSA) is 42.9 Å². The average molecular weight is 518 g/mol. The van der Waals surface area contributed by atoms with Crippen LogP contribution in [0.25, 0.3) is 0 Å². The van der Waals surface area contributed by atoms with Crippen molar-refractivity contribution < 1.29 is 0 Å². The number of rotatable bonds is 7. The van der Waals surface area contributed by atoms with Gasteiger partial charge in [0.05, 0.1) is 0 Å². The molecule has 0 bridgehead atoms. The number of anilines is 1. The molecule has 1 aliphatic carbocycles. The Labute approximate surface area is 192 Å². The Balaban J connectivity index is 0.00000280. The van der Waals surface area contributed by atoms with Crippen molar-refractivity contribution in [1.82, 2.24) is 15.5 Å². The van der Waals surface area contributed by atoms with E-state index in [4.69, 9.17) is 0 Å². The Kier molecular flexibility index (Phi) is 10.8. The normalized spacial score (nSPS) is 23.4. The zero-order valence-corrected chi connectivity index (χ0v) is 20.4. The van der Waals surface area contributed by atoms with Gasteiger partial charge < -0.3 is 15.5 Å². The molecule has 158 valence electrons. The number of benzene rings is 1. The van der Waals surface area contributed by atoms with Gasteiger partial charge >= 0.3 is 0 Å². The molecular weight excluding hydrogens is 481 g/mol. The summed E-state index contributed by atoms with van der Waals surface area (Å²) in [6, 6.07) is 11.3. The van der Waals surface area contributed by atoms with E-state index in [-0.39, 0.29) is 24.0 Å². The highest BCUT2D eigenvalue weighted by Gasteiger charge is 2.24. The first-order valence-electron chi connectivity index (χ1n) is 10.3. The molecule has 1 saturated carbocycles. The molecule has 2 aliphatic rings. The molecule has 1 heterocycles. The predicted octanol–water partition coefficient (Wildman–Crippen LogP) is 3.27. The fraction of sp³-hybridized carbons (Fsp3) is 0.667. The predicted molar refractivity (Wildman–Crippen MR) is 135 cm³/mol. The number of nitrogens with one attached hydrogen (secondary N) is 2. The number of piperazine rings is 1. The van der Waals surface area contributed by atoms with Crippen LogP contribution < -0.4 is 15.5 Å². The third-order valence-corrected chi connectivity index (χ3v) is 6.81. The van der Waals surface area contributed by atoms with Crippen LogP contribution in [0.4, 0.5) is 5.69 Å². The van der Waals surface area contributed by atoms with Gasteiger partial charge in [-0.3, -0.25) is 9.89 Å². The van der Waals surface area contributed by atoms with E-state index in [0.717, 1.165) is 56.9 Å². The Morgan fingerprint density at radius 3 is 2.54 bits per heavy atom. The van der Waals surface area contributed by atoms with Crippen molar-refractivity contribution in [3.05, 3.63) is 30.3 Å². The van der Waals surface area contributed by atoms with Crippen LogP contribution >= 0.6 is 35.7 Å². The SMILES string of the molecule is CN=C(NCCCN1CCN(c2ccccc2)CC1)NC1CCC(SC)C1.I. The minimum absolute atomic E-state index is 0. The van der Waals surface area contributed by atoms with Crippen LogP contribution in [0.2, 0.25) is 0 Å². The molecular formula is C21H36IN5S. The Morgan fingerprint density at radius 1 is 1.14 bits per heavy atom. The van der Waals surface area contributed by atoms with Crippen LogP contribution in [-0.4, -0.2) is 74.7 Å². The highest BCUT2D eigenvalue weighted by atomic mass is 127. The molecule has 1 aromatic carbocycles. The number of para-hydroxylation sites is 1. The number of hydrogen-bond donors (Lipinski definition) is 2. The third kappa shape index (κ3) is 7.30. The highest BCUT2D eigenvalue weighted by molar-refractivity contribution is 14.0. The van der Waals surface area contributed by atoms with E-state index in [2.05, 4.69) is 62.0 Å². The van der Waals surface area contributed by atoms with E-state index in [0.29, 0.717) is 6.04 Å². The molecule has 5 nitrogen and oxygen atoms in total. The standard InChI is InChI=1S/C21H35N5S.HI/c1-22-21(24-18-9-10-20(17-18)27-2)23-11-6-12-25-13-15-26(16-14-25)19-7-4-3-5-8-19;/h3-5,7-8,18,20H,6,9-17H2,1-2H3,(H2,22,23,24);1H. The monoisotopic (exact) mass is 517 g/mol. The summed E-state index contributed by atoms with van der Waals surface area (Å²) in [5, 5.41) is 7.91. The number of halogens is 1. The number of guanidine groups is 1.